The molecular formula is C16H23Cl3N2O. The highest BCUT2D eigenvalue weighted by Crippen LogP contribution is 2.24. The maximum absolute atomic E-state index is 11.9. The largest absolute Gasteiger partial charge is 0.342 e. The Morgan fingerprint density at radius 2 is 1.82 bits per heavy atom. The van der Waals surface area contributed by atoms with Crippen molar-refractivity contribution in [2.24, 2.45) is 5.92 Å². The number of nitrogens with zero attached hydrogens (tertiary/aromatic N) is 1. The number of benzene rings is 1. The van der Waals surface area contributed by atoms with Gasteiger partial charge in [0, 0.05) is 47.2 Å². The second-order valence-electron chi connectivity index (χ2n) is 5.84. The number of halogens is 3. The number of hydrogen-bond donors (Lipinski definition) is 1. The second kappa shape index (κ2) is 8.97. The molecule has 6 heteroatoms. The van der Waals surface area contributed by atoms with Gasteiger partial charge in [0.25, 0.3) is 0 Å². The molecule has 1 aromatic carbocycles. The van der Waals surface area contributed by atoms with Crippen molar-refractivity contribution in [2.45, 2.75) is 39.3 Å². The highest BCUT2D eigenvalue weighted by molar-refractivity contribution is 6.35. The van der Waals surface area contributed by atoms with Gasteiger partial charge >= 0.3 is 0 Å². The van der Waals surface area contributed by atoms with Crippen LogP contribution in [-0.2, 0) is 11.3 Å². The lowest BCUT2D eigenvalue weighted by Gasteiger charge is -2.33. The molecule has 1 N–H and O–H groups in total. The third kappa shape index (κ3) is 5.02. The number of amides is 1. The van der Waals surface area contributed by atoms with Gasteiger partial charge in [-0.3, -0.25) is 4.79 Å². The molecule has 0 unspecified atom stereocenters. The molecule has 0 bridgehead atoms. The first-order valence-corrected chi connectivity index (χ1v) is 8.19. The van der Waals surface area contributed by atoms with Gasteiger partial charge in [-0.05, 0) is 25.0 Å². The molecular weight excluding hydrogens is 343 g/mol. The van der Waals surface area contributed by atoms with Crippen LogP contribution in [-0.4, -0.2) is 29.9 Å². The zero-order valence-electron chi connectivity index (χ0n) is 12.9. The molecule has 1 saturated heterocycles. The molecule has 0 aromatic heterocycles. The molecule has 22 heavy (non-hydrogen) atoms. The van der Waals surface area contributed by atoms with E-state index in [-0.39, 0.29) is 24.2 Å². The minimum atomic E-state index is 0. The molecule has 1 aliphatic rings. The smallest absolute Gasteiger partial charge is 0.225 e. The van der Waals surface area contributed by atoms with E-state index in [1.54, 1.807) is 0 Å². The van der Waals surface area contributed by atoms with Crippen molar-refractivity contribution in [1.82, 2.24) is 10.2 Å². The summed E-state index contributed by atoms with van der Waals surface area (Å²) in [4.78, 5) is 13.9. The van der Waals surface area contributed by atoms with E-state index < -0.39 is 0 Å². The Kier molecular flexibility index (Phi) is 7.98. The van der Waals surface area contributed by atoms with Gasteiger partial charge in [0.2, 0.25) is 5.91 Å². The molecule has 0 atom stereocenters. The van der Waals surface area contributed by atoms with Gasteiger partial charge in [0.05, 0.1) is 0 Å². The fraction of sp³-hybridized carbons (Fsp3) is 0.562. The van der Waals surface area contributed by atoms with Crippen molar-refractivity contribution in [3.63, 3.8) is 0 Å². The number of likely N-dealkylation sites (tertiary alicyclic amines) is 1. The predicted molar refractivity (Wildman–Crippen MR) is 95.0 cm³/mol. The first-order chi connectivity index (χ1) is 9.99. The highest BCUT2D eigenvalue weighted by atomic mass is 35.5. The van der Waals surface area contributed by atoms with Crippen molar-refractivity contribution in [2.75, 3.05) is 13.1 Å². The van der Waals surface area contributed by atoms with Crippen LogP contribution < -0.4 is 5.32 Å². The van der Waals surface area contributed by atoms with Crippen LogP contribution in [0.25, 0.3) is 0 Å². The maximum Gasteiger partial charge on any atom is 0.225 e. The topological polar surface area (TPSA) is 32.3 Å². The Balaban J connectivity index is 0.00000242. The Hall–Kier alpha value is -0.480. The van der Waals surface area contributed by atoms with Gasteiger partial charge in [-0.15, -0.1) is 12.4 Å². The number of hydrogen-bond acceptors (Lipinski definition) is 2. The molecule has 1 aliphatic heterocycles. The predicted octanol–water partition coefficient (Wildman–Crippen LogP) is 4.15. The third-order valence-electron chi connectivity index (χ3n) is 3.93. The molecule has 1 aromatic rings. The van der Waals surface area contributed by atoms with Crippen LogP contribution in [0, 0.1) is 5.92 Å². The van der Waals surface area contributed by atoms with Crippen molar-refractivity contribution >= 4 is 41.5 Å². The fourth-order valence-corrected chi connectivity index (χ4v) is 3.15. The van der Waals surface area contributed by atoms with E-state index in [0.29, 0.717) is 22.6 Å². The monoisotopic (exact) mass is 364 g/mol. The molecule has 3 nitrogen and oxygen atoms in total. The Bertz CT molecular complexity index is 480. The van der Waals surface area contributed by atoms with Crippen molar-refractivity contribution in [1.29, 1.82) is 0 Å². The fourth-order valence-electron chi connectivity index (χ4n) is 2.62. The minimum absolute atomic E-state index is 0. The Morgan fingerprint density at radius 1 is 1.27 bits per heavy atom. The van der Waals surface area contributed by atoms with Crippen molar-refractivity contribution in [3.05, 3.63) is 33.8 Å². The number of carbonyl (C=O) groups is 1. The number of carbonyl (C=O) groups excluding carboxylic acids is 1. The molecule has 0 spiro atoms. The van der Waals surface area contributed by atoms with Gasteiger partial charge < -0.3 is 10.2 Å². The summed E-state index contributed by atoms with van der Waals surface area (Å²) in [6, 6.07) is 5.97. The summed E-state index contributed by atoms with van der Waals surface area (Å²) in [6.45, 7) is 6.22. The summed E-state index contributed by atoms with van der Waals surface area (Å²) >= 11 is 12.3. The van der Waals surface area contributed by atoms with Crippen LogP contribution in [0.5, 0.6) is 0 Å². The van der Waals surface area contributed by atoms with E-state index in [4.69, 9.17) is 23.2 Å². The molecule has 124 valence electrons. The molecule has 0 saturated carbocycles. The molecule has 2 rings (SSSR count). The van der Waals surface area contributed by atoms with E-state index >= 15 is 0 Å². The van der Waals surface area contributed by atoms with Crippen molar-refractivity contribution < 1.29 is 4.79 Å². The lowest BCUT2D eigenvalue weighted by Crippen LogP contribution is -2.46. The van der Waals surface area contributed by atoms with Gasteiger partial charge in [-0.2, -0.15) is 0 Å². The number of piperidine rings is 1. The van der Waals surface area contributed by atoms with Gasteiger partial charge in [-0.25, -0.2) is 0 Å². The summed E-state index contributed by atoms with van der Waals surface area (Å²) in [5, 5.41) is 4.89. The summed E-state index contributed by atoms with van der Waals surface area (Å²) in [6.07, 6.45) is 1.95. The van der Waals surface area contributed by atoms with E-state index in [1.807, 2.05) is 36.9 Å². The standard InChI is InChI=1S/C16H22Cl2N2O.ClH/c1-11(2)16(21)20-8-6-12(7-9-20)19-10-13-14(17)4-3-5-15(13)18;/h3-5,11-12,19H,6-10H2,1-2H3;1H. The van der Waals surface area contributed by atoms with Crippen LogP contribution in [0.4, 0.5) is 0 Å². The zero-order chi connectivity index (χ0) is 15.4. The van der Waals surface area contributed by atoms with Crippen LogP contribution in [0.2, 0.25) is 10.0 Å². The average Bonchev–Trinajstić information content (AvgIpc) is 2.46. The summed E-state index contributed by atoms with van der Waals surface area (Å²) in [7, 11) is 0. The number of nitrogens with one attached hydrogen (secondary N) is 1. The van der Waals surface area contributed by atoms with E-state index in [1.165, 1.54) is 0 Å². The molecule has 1 fully saturated rings. The Morgan fingerprint density at radius 3 is 2.32 bits per heavy atom. The van der Waals surface area contributed by atoms with Gasteiger partial charge in [0.1, 0.15) is 0 Å². The summed E-state index contributed by atoms with van der Waals surface area (Å²) < 4.78 is 0. The van der Waals surface area contributed by atoms with Crippen LogP contribution in [0.3, 0.4) is 0 Å². The van der Waals surface area contributed by atoms with Crippen LogP contribution in [0.1, 0.15) is 32.3 Å². The first-order valence-electron chi connectivity index (χ1n) is 7.44. The van der Waals surface area contributed by atoms with E-state index in [9.17, 15) is 4.79 Å². The SMILES string of the molecule is CC(C)C(=O)N1CCC(NCc2c(Cl)cccc2Cl)CC1.Cl. The summed E-state index contributed by atoms with van der Waals surface area (Å²) in [5.41, 5.74) is 0.946. The van der Waals surface area contributed by atoms with E-state index in [0.717, 1.165) is 31.5 Å². The van der Waals surface area contributed by atoms with E-state index in [2.05, 4.69) is 5.32 Å². The highest BCUT2D eigenvalue weighted by Gasteiger charge is 2.24. The summed E-state index contributed by atoms with van der Waals surface area (Å²) in [5.74, 6) is 0.332. The van der Waals surface area contributed by atoms with Crippen LogP contribution in [0.15, 0.2) is 18.2 Å². The normalized spacial score (nSPS) is 15.8. The molecule has 0 aliphatic carbocycles. The van der Waals surface area contributed by atoms with Crippen LogP contribution >= 0.6 is 35.6 Å². The molecule has 0 radical (unpaired) electrons. The maximum atomic E-state index is 11.9. The minimum Gasteiger partial charge on any atom is -0.342 e. The zero-order valence-corrected chi connectivity index (χ0v) is 15.3. The molecule has 1 amide bonds. The van der Waals surface area contributed by atoms with Gasteiger partial charge in [-0.1, -0.05) is 43.1 Å². The number of rotatable bonds is 4. The first kappa shape index (κ1) is 19.6. The molecule has 1 heterocycles. The lowest BCUT2D eigenvalue weighted by molar-refractivity contribution is -0.135. The lowest BCUT2D eigenvalue weighted by atomic mass is 10.0. The third-order valence-corrected chi connectivity index (χ3v) is 4.64. The second-order valence-corrected chi connectivity index (χ2v) is 6.65. The quantitative estimate of drug-likeness (QED) is 0.869. The average molecular weight is 366 g/mol. The van der Waals surface area contributed by atoms with Gasteiger partial charge in [0.15, 0.2) is 0 Å². The van der Waals surface area contributed by atoms with Crippen molar-refractivity contribution in [3.8, 4) is 0 Å². The Labute approximate surface area is 148 Å².